The summed E-state index contributed by atoms with van der Waals surface area (Å²) in [7, 11) is 1.83. The zero-order valence-electron chi connectivity index (χ0n) is 9.10. The largest absolute Gasteiger partial charge is 0.481 e. The average molecular weight is 211 g/mol. The van der Waals surface area contributed by atoms with Gasteiger partial charge in [-0.25, -0.2) is 0 Å². The Bertz CT molecular complexity index is 346. The molecule has 1 atom stereocenters. The summed E-state index contributed by atoms with van der Waals surface area (Å²) in [5, 5.41) is 13.0. The third-order valence-corrected chi connectivity index (χ3v) is 2.42. The van der Waals surface area contributed by atoms with E-state index in [1.165, 1.54) is 0 Å². The van der Waals surface area contributed by atoms with Gasteiger partial charge in [-0.15, -0.1) is 0 Å². The molecule has 1 unspecified atom stereocenters. The van der Waals surface area contributed by atoms with Crippen molar-refractivity contribution in [1.29, 1.82) is 0 Å². The van der Waals surface area contributed by atoms with Crippen LogP contribution in [-0.2, 0) is 18.3 Å². The van der Waals surface area contributed by atoms with E-state index < -0.39 is 5.97 Å². The molecule has 0 radical (unpaired) electrons. The molecule has 0 aliphatic carbocycles. The average Bonchev–Trinajstić information content (AvgIpc) is 2.55. The first kappa shape index (κ1) is 11.7. The third-order valence-electron chi connectivity index (χ3n) is 2.42. The highest BCUT2D eigenvalue weighted by atomic mass is 16.4. The van der Waals surface area contributed by atoms with Crippen LogP contribution in [0.1, 0.15) is 30.5 Å². The van der Waals surface area contributed by atoms with E-state index in [0.717, 1.165) is 17.7 Å². The first-order valence-corrected chi connectivity index (χ1v) is 5.02. The molecule has 0 aromatic carbocycles. The molecule has 0 aliphatic heterocycles. The molecule has 15 heavy (non-hydrogen) atoms. The molecule has 5 nitrogen and oxygen atoms in total. The van der Waals surface area contributed by atoms with E-state index in [-0.39, 0.29) is 12.3 Å². The molecule has 3 N–H and O–H groups in total. The van der Waals surface area contributed by atoms with Crippen LogP contribution in [-0.4, -0.2) is 27.4 Å². The maximum absolute atomic E-state index is 10.7. The molecule has 84 valence electrons. The highest BCUT2D eigenvalue weighted by Crippen LogP contribution is 2.22. The third kappa shape index (κ3) is 2.79. The number of aryl methyl sites for hydroxylation is 2. The van der Waals surface area contributed by atoms with Crippen molar-refractivity contribution in [3.8, 4) is 0 Å². The minimum atomic E-state index is -0.823. The normalized spacial score (nSPS) is 12.7. The minimum Gasteiger partial charge on any atom is -0.481 e. The summed E-state index contributed by atoms with van der Waals surface area (Å²) in [4.78, 5) is 10.7. The summed E-state index contributed by atoms with van der Waals surface area (Å²) in [5.41, 5.74) is 7.49. The van der Waals surface area contributed by atoms with Crippen LogP contribution in [0, 0.1) is 0 Å². The Labute approximate surface area is 88.9 Å². The number of nitrogens with zero attached hydrogens (tertiary/aromatic N) is 2. The minimum absolute atomic E-state index is 0.0647. The molecule has 5 heteroatoms. The fourth-order valence-corrected chi connectivity index (χ4v) is 1.70. The Morgan fingerprint density at radius 3 is 2.87 bits per heavy atom. The molecule has 0 amide bonds. The maximum Gasteiger partial charge on any atom is 0.304 e. The van der Waals surface area contributed by atoms with Gasteiger partial charge in [0.2, 0.25) is 0 Å². The molecule has 0 spiro atoms. The van der Waals surface area contributed by atoms with E-state index >= 15 is 0 Å². The number of aromatic nitrogens is 2. The van der Waals surface area contributed by atoms with Crippen LogP contribution >= 0.6 is 0 Å². The van der Waals surface area contributed by atoms with E-state index in [4.69, 9.17) is 10.8 Å². The van der Waals surface area contributed by atoms with Gasteiger partial charge in [0.05, 0.1) is 12.1 Å². The van der Waals surface area contributed by atoms with Gasteiger partial charge in [-0.2, -0.15) is 5.10 Å². The van der Waals surface area contributed by atoms with Crippen molar-refractivity contribution in [2.24, 2.45) is 12.8 Å². The number of nitrogens with two attached hydrogens (primary N) is 1. The van der Waals surface area contributed by atoms with Gasteiger partial charge in [-0.05, 0) is 18.5 Å². The number of carboxylic acids is 1. The Morgan fingerprint density at radius 1 is 1.73 bits per heavy atom. The molecule has 1 aromatic heterocycles. The lowest BCUT2D eigenvalue weighted by Gasteiger charge is -2.11. The Balaban J connectivity index is 2.94. The van der Waals surface area contributed by atoms with E-state index in [1.807, 2.05) is 20.2 Å². The van der Waals surface area contributed by atoms with Crippen LogP contribution < -0.4 is 5.73 Å². The van der Waals surface area contributed by atoms with Crippen LogP contribution in [0.2, 0.25) is 0 Å². The van der Waals surface area contributed by atoms with Crippen molar-refractivity contribution in [2.75, 3.05) is 6.54 Å². The number of carbonyl (C=O) groups is 1. The summed E-state index contributed by atoms with van der Waals surface area (Å²) in [6.45, 7) is 2.34. The number of aliphatic carboxylic acids is 1. The van der Waals surface area contributed by atoms with Gasteiger partial charge in [0, 0.05) is 19.2 Å². The number of hydrogen-bond acceptors (Lipinski definition) is 3. The summed E-state index contributed by atoms with van der Waals surface area (Å²) in [6, 6.07) is 0. The van der Waals surface area contributed by atoms with Crippen LogP contribution in [0.5, 0.6) is 0 Å². The zero-order valence-corrected chi connectivity index (χ0v) is 9.10. The van der Waals surface area contributed by atoms with Gasteiger partial charge in [-0.1, -0.05) is 6.92 Å². The van der Waals surface area contributed by atoms with Gasteiger partial charge >= 0.3 is 5.97 Å². The topological polar surface area (TPSA) is 81.1 Å². The second-order valence-corrected chi connectivity index (χ2v) is 3.59. The molecule has 1 aromatic rings. The summed E-state index contributed by atoms with van der Waals surface area (Å²) < 4.78 is 1.71. The van der Waals surface area contributed by atoms with Crippen molar-refractivity contribution < 1.29 is 9.90 Å². The Kier molecular flexibility index (Phi) is 3.85. The van der Waals surface area contributed by atoms with E-state index in [2.05, 4.69) is 5.10 Å². The smallest absolute Gasteiger partial charge is 0.304 e. The lowest BCUT2D eigenvalue weighted by molar-refractivity contribution is -0.137. The highest BCUT2D eigenvalue weighted by molar-refractivity contribution is 5.68. The van der Waals surface area contributed by atoms with Crippen LogP contribution in [0.4, 0.5) is 0 Å². The van der Waals surface area contributed by atoms with E-state index in [1.54, 1.807) is 4.68 Å². The fourth-order valence-electron chi connectivity index (χ4n) is 1.70. The second-order valence-electron chi connectivity index (χ2n) is 3.59. The first-order valence-electron chi connectivity index (χ1n) is 5.02. The van der Waals surface area contributed by atoms with Gasteiger partial charge in [0.15, 0.2) is 0 Å². The monoisotopic (exact) mass is 211 g/mol. The number of rotatable bonds is 5. The van der Waals surface area contributed by atoms with Crippen LogP contribution in [0.3, 0.4) is 0 Å². The van der Waals surface area contributed by atoms with Crippen molar-refractivity contribution >= 4 is 5.97 Å². The van der Waals surface area contributed by atoms with Crippen molar-refractivity contribution in [3.63, 3.8) is 0 Å². The fraction of sp³-hybridized carbons (Fsp3) is 0.600. The van der Waals surface area contributed by atoms with E-state index in [0.29, 0.717) is 6.54 Å². The van der Waals surface area contributed by atoms with Gasteiger partial charge in [0.1, 0.15) is 0 Å². The molecule has 0 saturated carbocycles. The van der Waals surface area contributed by atoms with Crippen molar-refractivity contribution in [2.45, 2.75) is 25.7 Å². The standard InChI is InChI=1S/C10H17N3O2/c1-3-9-8(6-13(2)12-9)7(5-11)4-10(14)15/h6-7H,3-5,11H2,1-2H3,(H,14,15). The summed E-state index contributed by atoms with van der Waals surface area (Å²) >= 11 is 0. The molecule has 1 heterocycles. The molecule has 0 bridgehead atoms. The van der Waals surface area contributed by atoms with E-state index in [9.17, 15) is 4.79 Å². The SMILES string of the molecule is CCc1nn(C)cc1C(CN)CC(=O)O. The molecule has 1 rings (SSSR count). The second kappa shape index (κ2) is 4.93. The van der Waals surface area contributed by atoms with Crippen LogP contribution in [0.25, 0.3) is 0 Å². The quantitative estimate of drug-likeness (QED) is 0.743. The molecule has 0 saturated heterocycles. The molecular weight excluding hydrogens is 194 g/mol. The first-order chi connectivity index (χ1) is 7.08. The molecule has 0 aliphatic rings. The summed E-state index contributed by atoms with van der Waals surface area (Å²) in [5.74, 6) is -0.956. The lowest BCUT2D eigenvalue weighted by atomic mass is 9.95. The van der Waals surface area contributed by atoms with Crippen molar-refractivity contribution in [3.05, 3.63) is 17.5 Å². The lowest BCUT2D eigenvalue weighted by Crippen LogP contribution is -2.17. The Hall–Kier alpha value is -1.36. The summed E-state index contributed by atoms with van der Waals surface area (Å²) in [6.07, 6.45) is 2.72. The maximum atomic E-state index is 10.7. The predicted molar refractivity (Wildman–Crippen MR) is 56.6 cm³/mol. The molecule has 0 fully saturated rings. The molecular formula is C10H17N3O2. The highest BCUT2D eigenvalue weighted by Gasteiger charge is 2.19. The number of carboxylic acid groups (broad SMARTS) is 1. The van der Waals surface area contributed by atoms with Crippen LogP contribution in [0.15, 0.2) is 6.20 Å². The predicted octanol–water partition coefficient (Wildman–Crippen LogP) is 0.499. The zero-order chi connectivity index (χ0) is 11.4. The van der Waals surface area contributed by atoms with Crippen molar-refractivity contribution in [1.82, 2.24) is 9.78 Å². The van der Waals surface area contributed by atoms with Gasteiger partial charge < -0.3 is 10.8 Å². The van der Waals surface area contributed by atoms with Gasteiger partial charge in [0.25, 0.3) is 0 Å². The van der Waals surface area contributed by atoms with Gasteiger partial charge in [-0.3, -0.25) is 9.48 Å². The number of hydrogen-bond donors (Lipinski definition) is 2. The Morgan fingerprint density at radius 2 is 2.40 bits per heavy atom.